The standard InChI is InChI=1S/C20H16N2S2/c1-21-11-17-19(13-7-3-5-9-15(13)21)24-18-12-22(2)16-10-6-4-8-14(16)20(18)23-17/h3-12H,1-2H3/q+2. The second kappa shape index (κ2) is 5.23. The number of rotatable bonds is 0. The first-order valence-corrected chi connectivity index (χ1v) is 9.54. The monoisotopic (exact) mass is 348 g/mol. The van der Waals surface area contributed by atoms with Crippen molar-refractivity contribution in [3.63, 3.8) is 0 Å². The molecule has 0 spiro atoms. The average molecular weight is 348 g/mol. The molecule has 3 heterocycles. The first kappa shape index (κ1) is 14.3. The van der Waals surface area contributed by atoms with Crippen molar-refractivity contribution in [1.82, 2.24) is 0 Å². The highest BCUT2D eigenvalue weighted by Crippen LogP contribution is 2.51. The molecule has 0 saturated heterocycles. The normalized spacial score (nSPS) is 13.1. The van der Waals surface area contributed by atoms with Crippen molar-refractivity contribution in [3.05, 3.63) is 60.9 Å². The van der Waals surface area contributed by atoms with Gasteiger partial charge in [-0.3, -0.25) is 0 Å². The van der Waals surface area contributed by atoms with Gasteiger partial charge in [-0.1, -0.05) is 47.8 Å². The highest BCUT2D eigenvalue weighted by Gasteiger charge is 2.27. The summed E-state index contributed by atoms with van der Waals surface area (Å²) < 4.78 is 4.47. The molecular formula is C20H16N2S2+2. The fraction of sp³-hybridized carbons (Fsp3) is 0.100. The summed E-state index contributed by atoms with van der Waals surface area (Å²) >= 11 is 3.79. The molecule has 0 N–H and O–H groups in total. The molecule has 0 radical (unpaired) electrons. The molecule has 116 valence electrons. The van der Waals surface area contributed by atoms with Gasteiger partial charge in [-0.15, -0.1) is 0 Å². The number of para-hydroxylation sites is 2. The Morgan fingerprint density at radius 1 is 0.625 bits per heavy atom. The van der Waals surface area contributed by atoms with Gasteiger partial charge < -0.3 is 0 Å². The van der Waals surface area contributed by atoms with Crippen molar-refractivity contribution in [2.75, 3.05) is 0 Å². The van der Waals surface area contributed by atoms with Crippen molar-refractivity contribution in [2.24, 2.45) is 14.1 Å². The molecule has 4 aromatic rings. The van der Waals surface area contributed by atoms with Gasteiger partial charge in [0.05, 0.1) is 20.6 Å². The molecule has 0 saturated carbocycles. The van der Waals surface area contributed by atoms with Crippen LogP contribution in [0.2, 0.25) is 0 Å². The van der Waals surface area contributed by atoms with E-state index < -0.39 is 0 Å². The van der Waals surface area contributed by atoms with Crippen LogP contribution in [0.1, 0.15) is 0 Å². The van der Waals surface area contributed by atoms with Crippen molar-refractivity contribution >= 4 is 45.3 Å². The van der Waals surface area contributed by atoms with Crippen LogP contribution in [-0.2, 0) is 14.1 Å². The Morgan fingerprint density at radius 2 is 1.04 bits per heavy atom. The van der Waals surface area contributed by atoms with E-state index in [1.54, 1.807) is 0 Å². The molecule has 2 aromatic heterocycles. The Balaban J connectivity index is 1.81. The third-order valence-electron chi connectivity index (χ3n) is 4.55. The van der Waals surface area contributed by atoms with Crippen LogP contribution in [-0.4, -0.2) is 0 Å². The Labute approximate surface area is 149 Å². The van der Waals surface area contributed by atoms with E-state index in [-0.39, 0.29) is 0 Å². The second-order valence-electron chi connectivity index (χ2n) is 6.11. The number of aromatic nitrogens is 2. The molecule has 0 amide bonds. The number of nitrogens with zero attached hydrogens (tertiary/aromatic N) is 2. The zero-order chi connectivity index (χ0) is 16.3. The maximum Gasteiger partial charge on any atom is 0.213 e. The third kappa shape index (κ3) is 2.00. The lowest BCUT2D eigenvalue weighted by atomic mass is 10.2. The molecule has 0 bridgehead atoms. The molecule has 0 unspecified atom stereocenters. The third-order valence-corrected chi connectivity index (χ3v) is 7.16. The molecule has 24 heavy (non-hydrogen) atoms. The van der Waals surface area contributed by atoms with Gasteiger partial charge in [-0.05, 0) is 12.1 Å². The van der Waals surface area contributed by atoms with E-state index in [0.717, 1.165) is 0 Å². The number of aryl methyl sites for hydroxylation is 2. The van der Waals surface area contributed by atoms with Crippen LogP contribution in [0.15, 0.2) is 80.5 Å². The highest BCUT2D eigenvalue weighted by atomic mass is 32.2. The molecule has 4 heteroatoms. The second-order valence-corrected chi connectivity index (χ2v) is 8.21. The van der Waals surface area contributed by atoms with E-state index in [1.807, 2.05) is 23.5 Å². The maximum atomic E-state index is 2.26. The fourth-order valence-corrected chi connectivity index (χ4v) is 6.03. The van der Waals surface area contributed by atoms with Crippen LogP contribution in [0.25, 0.3) is 21.8 Å². The minimum absolute atomic E-state index is 1.28. The van der Waals surface area contributed by atoms with Crippen LogP contribution in [0.5, 0.6) is 0 Å². The zero-order valence-electron chi connectivity index (χ0n) is 13.5. The van der Waals surface area contributed by atoms with E-state index in [2.05, 4.69) is 84.2 Å². The molecule has 2 nitrogen and oxygen atoms in total. The summed E-state index contributed by atoms with van der Waals surface area (Å²) in [5.41, 5.74) is 2.55. The van der Waals surface area contributed by atoms with Gasteiger partial charge in [-0.25, -0.2) is 0 Å². The summed E-state index contributed by atoms with van der Waals surface area (Å²) in [6, 6.07) is 17.3. The van der Waals surface area contributed by atoms with Crippen LogP contribution >= 0.6 is 23.5 Å². The molecule has 0 atom stereocenters. The highest BCUT2D eigenvalue weighted by molar-refractivity contribution is 8.05. The summed E-state index contributed by atoms with van der Waals surface area (Å²) in [6.45, 7) is 0. The summed E-state index contributed by atoms with van der Waals surface area (Å²) in [5.74, 6) is 0. The van der Waals surface area contributed by atoms with Gasteiger partial charge >= 0.3 is 0 Å². The summed E-state index contributed by atoms with van der Waals surface area (Å²) in [5, 5.41) is 2.66. The van der Waals surface area contributed by atoms with E-state index in [1.165, 1.54) is 41.4 Å². The summed E-state index contributed by atoms with van der Waals surface area (Å²) in [7, 11) is 4.26. The predicted octanol–water partition coefficient (Wildman–Crippen LogP) is 4.26. The first-order chi connectivity index (χ1) is 11.7. The number of benzene rings is 2. The molecule has 0 aliphatic carbocycles. The van der Waals surface area contributed by atoms with Crippen LogP contribution < -0.4 is 9.13 Å². The van der Waals surface area contributed by atoms with Crippen LogP contribution in [0.4, 0.5) is 0 Å². The van der Waals surface area contributed by atoms with Crippen molar-refractivity contribution in [2.45, 2.75) is 19.6 Å². The van der Waals surface area contributed by atoms with Crippen molar-refractivity contribution in [1.29, 1.82) is 0 Å². The zero-order valence-corrected chi connectivity index (χ0v) is 15.1. The molecule has 1 aliphatic heterocycles. The molecule has 1 aliphatic rings. The number of hydrogen-bond acceptors (Lipinski definition) is 2. The van der Waals surface area contributed by atoms with Crippen molar-refractivity contribution in [3.8, 4) is 0 Å². The lowest BCUT2D eigenvalue weighted by molar-refractivity contribution is -0.647. The number of pyridine rings is 2. The molecule has 5 rings (SSSR count). The fourth-order valence-electron chi connectivity index (χ4n) is 3.40. The Bertz CT molecular complexity index is 1040. The molecule has 2 aromatic carbocycles. The minimum Gasteiger partial charge on any atom is -0.200 e. The van der Waals surface area contributed by atoms with Gasteiger partial charge in [0, 0.05) is 21.9 Å². The Morgan fingerprint density at radius 3 is 1.50 bits per heavy atom. The smallest absolute Gasteiger partial charge is 0.200 e. The van der Waals surface area contributed by atoms with Crippen molar-refractivity contribution < 1.29 is 9.13 Å². The van der Waals surface area contributed by atoms with E-state index in [9.17, 15) is 0 Å². The Kier molecular flexibility index (Phi) is 3.12. The minimum atomic E-state index is 1.28. The van der Waals surface area contributed by atoms with Gasteiger partial charge in [-0.2, -0.15) is 9.13 Å². The van der Waals surface area contributed by atoms with Crippen LogP contribution in [0, 0.1) is 0 Å². The maximum absolute atomic E-state index is 2.26. The predicted molar refractivity (Wildman–Crippen MR) is 98.5 cm³/mol. The molecular weight excluding hydrogens is 332 g/mol. The topological polar surface area (TPSA) is 7.76 Å². The summed E-state index contributed by atoms with van der Waals surface area (Å²) in [4.78, 5) is 5.42. The van der Waals surface area contributed by atoms with Gasteiger partial charge in [0.15, 0.2) is 12.4 Å². The largest absolute Gasteiger partial charge is 0.213 e. The lowest BCUT2D eigenvalue weighted by Crippen LogP contribution is -2.30. The van der Waals surface area contributed by atoms with Crippen LogP contribution in [0.3, 0.4) is 0 Å². The van der Waals surface area contributed by atoms with E-state index in [4.69, 9.17) is 0 Å². The van der Waals surface area contributed by atoms with Gasteiger partial charge in [0.1, 0.15) is 14.1 Å². The van der Waals surface area contributed by atoms with E-state index in [0.29, 0.717) is 0 Å². The number of fused-ring (bicyclic) bond motifs is 6. The van der Waals surface area contributed by atoms with E-state index >= 15 is 0 Å². The summed E-state index contributed by atoms with van der Waals surface area (Å²) in [6.07, 6.45) is 4.53. The Hall–Kier alpha value is -2.04. The van der Waals surface area contributed by atoms with Gasteiger partial charge in [0.2, 0.25) is 11.0 Å². The number of hydrogen-bond donors (Lipinski definition) is 0. The molecule has 0 fully saturated rings. The average Bonchev–Trinajstić information content (AvgIpc) is 2.62. The first-order valence-electron chi connectivity index (χ1n) is 7.91. The SMILES string of the molecule is C[n+]1cc2c(c3ccccc31)Sc1c[n+](C)c3ccccc3c1S2. The lowest BCUT2D eigenvalue weighted by Gasteiger charge is -2.18. The van der Waals surface area contributed by atoms with Gasteiger partial charge in [0.25, 0.3) is 0 Å². The quantitative estimate of drug-likeness (QED) is 0.386.